The minimum absolute atomic E-state index is 0. The van der Waals surface area contributed by atoms with Gasteiger partial charge in [0.05, 0.1) is 0 Å². The quantitative estimate of drug-likeness (QED) is 0.471. The summed E-state index contributed by atoms with van der Waals surface area (Å²) in [6, 6.07) is 13.2. The summed E-state index contributed by atoms with van der Waals surface area (Å²) in [5, 5.41) is 4.26. The van der Waals surface area contributed by atoms with Crippen LogP contribution in [0.1, 0.15) is 39.5 Å². The Hall–Kier alpha value is -0.517. The third kappa shape index (κ3) is 8.14. The molecule has 1 aliphatic carbocycles. The molecule has 0 bridgehead atoms. The molecule has 2 aromatic carbocycles. The fraction of sp³-hybridized carbons (Fsp3) is 0.381. The van der Waals surface area contributed by atoms with Gasteiger partial charge >= 0.3 is 26.2 Å². The Morgan fingerprint density at radius 2 is 1.84 bits per heavy atom. The molecule has 4 heteroatoms. The first-order chi connectivity index (χ1) is 10.6. The maximum atomic E-state index is 3.37. The largest absolute Gasteiger partial charge is 4.00 e. The molecule has 0 saturated carbocycles. The standard InChI is InChI=1S/C11H12P.C10H15.2FH.Zr/c1-12(2)11-7-9-5-3-4-6-10(9)8-11;1-3-4-7-10-8-5-6-9(10)2;;;/h3-8H,1-2H3;6H,3-5,7H2,1-2H3;2*1H;/q2*-1;;;+4/p-2. The van der Waals surface area contributed by atoms with E-state index in [0.29, 0.717) is 0 Å². The van der Waals surface area contributed by atoms with Crippen LogP contribution in [-0.4, -0.2) is 13.3 Å². The zero-order valence-corrected chi connectivity index (χ0v) is 18.9. The molecule has 0 saturated heterocycles. The number of hydrogen-bond donors (Lipinski definition) is 0. The van der Waals surface area contributed by atoms with Crippen LogP contribution in [0.25, 0.3) is 10.8 Å². The molecule has 1 aliphatic rings. The summed E-state index contributed by atoms with van der Waals surface area (Å²) in [7, 11) is 0.0576. The van der Waals surface area contributed by atoms with E-state index in [1.165, 1.54) is 46.5 Å². The van der Waals surface area contributed by atoms with Gasteiger partial charge in [-0.1, -0.05) is 32.3 Å². The molecule has 0 N–H and O–H groups in total. The first-order valence-corrected chi connectivity index (χ1v) is 10.4. The molecule has 0 spiro atoms. The molecule has 0 atom stereocenters. The molecule has 0 amide bonds. The molecule has 0 unspecified atom stereocenters. The van der Waals surface area contributed by atoms with Gasteiger partial charge in [0.15, 0.2) is 0 Å². The smallest absolute Gasteiger partial charge is 1.00 e. The molecule has 0 heterocycles. The van der Waals surface area contributed by atoms with Crippen LogP contribution in [0, 0.1) is 6.08 Å². The fourth-order valence-corrected chi connectivity index (χ4v) is 3.42. The average molecular weight is 440 g/mol. The summed E-state index contributed by atoms with van der Waals surface area (Å²) in [4.78, 5) is 0. The molecule has 0 fully saturated rings. The zero-order valence-electron chi connectivity index (χ0n) is 15.6. The SMILES string of the molecule is CCCCC1=[C-]CC=C1C.CP(C)c1cc2ccccc2[cH-]1.[F-].[F-].[Zr+4]. The molecular formula is C21H27F2PZr. The predicted molar refractivity (Wildman–Crippen MR) is 103 cm³/mol. The number of benzene rings is 1. The van der Waals surface area contributed by atoms with Crippen molar-refractivity contribution in [3.63, 3.8) is 0 Å². The van der Waals surface area contributed by atoms with E-state index in [1.807, 2.05) is 0 Å². The van der Waals surface area contributed by atoms with Crippen molar-refractivity contribution < 1.29 is 35.6 Å². The van der Waals surface area contributed by atoms with Gasteiger partial charge in [0.2, 0.25) is 0 Å². The van der Waals surface area contributed by atoms with Gasteiger partial charge in [0, 0.05) is 0 Å². The molecule has 0 aromatic heterocycles. The van der Waals surface area contributed by atoms with E-state index in [9.17, 15) is 0 Å². The molecule has 0 radical (unpaired) electrons. The van der Waals surface area contributed by atoms with E-state index in [-0.39, 0.29) is 43.5 Å². The van der Waals surface area contributed by atoms with Gasteiger partial charge in [-0.05, 0) is 13.3 Å². The Morgan fingerprint density at radius 3 is 2.36 bits per heavy atom. The predicted octanol–water partition coefficient (Wildman–Crippen LogP) is 0.187. The van der Waals surface area contributed by atoms with Crippen molar-refractivity contribution in [1.29, 1.82) is 0 Å². The summed E-state index contributed by atoms with van der Waals surface area (Å²) in [6.07, 6.45) is 10.5. The zero-order chi connectivity index (χ0) is 15.9. The summed E-state index contributed by atoms with van der Waals surface area (Å²) in [5.41, 5.74) is 2.91. The third-order valence-corrected chi connectivity index (χ3v) is 5.39. The second kappa shape index (κ2) is 13.7. The number of allylic oxidation sites excluding steroid dienone is 4. The van der Waals surface area contributed by atoms with Crippen molar-refractivity contribution in [3.8, 4) is 0 Å². The van der Waals surface area contributed by atoms with Crippen molar-refractivity contribution in [1.82, 2.24) is 0 Å². The van der Waals surface area contributed by atoms with E-state index >= 15 is 0 Å². The third-order valence-electron chi connectivity index (χ3n) is 4.10. The fourth-order valence-electron chi connectivity index (χ4n) is 2.62. The average Bonchev–Trinajstić information content (AvgIpc) is 3.11. The molecule has 2 aromatic rings. The Labute approximate surface area is 171 Å². The molecule has 134 valence electrons. The Balaban J connectivity index is 0. The minimum atomic E-state index is 0. The summed E-state index contributed by atoms with van der Waals surface area (Å²) in [6.45, 7) is 9.01. The number of rotatable bonds is 4. The van der Waals surface area contributed by atoms with Crippen molar-refractivity contribution >= 4 is 24.0 Å². The van der Waals surface area contributed by atoms with Crippen LogP contribution in [0.2, 0.25) is 0 Å². The Bertz CT molecular complexity index is 638. The van der Waals surface area contributed by atoms with Crippen LogP contribution < -0.4 is 14.7 Å². The van der Waals surface area contributed by atoms with E-state index in [2.05, 4.69) is 75.7 Å². The van der Waals surface area contributed by atoms with Crippen LogP contribution >= 0.6 is 7.92 Å². The Kier molecular flexibility index (Phi) is 14.6. The maximum absolute atomic E-state index is 3.37. The van der Waals surface area contributed by atoms with Gasteiger partial charge in [-0.25, -0.2) is 11.1 Å². The number of unbranched alkanes of at least 4 members (excludes halogenated alkanes) is 1. The van der Waals surface area contributed by atoms with Crippen molar-refractivity contribution in [2.24, 2.45) is 0 Å². The van der Waals surface area contributed by atoms with E-state index < -0.39 is 0 Å². The molecule has 3 rings (SSSR count). The van der Waals surface area contributed by atoms with E-state index in [1.54, 1.807) is 0 Å². The van der Waals surface area contributed by atoms with Crippen molar-refractivity contribution in [3.05, 3.63) is 59.7 Å². The van der Waals surface area contributed by atoms with Crippen LogP contribution in [0.3, 0.4) is 0 Å². The van der Waals surface area contributed by atoms with Crippen LogP contribution in [0.4, 0.5) is 0 Å². The number of halogens is 2. The monoisotopic (exact) mass is 438 g/mol. The summed E-state index contributed by atoms with van der Waals surface area (Å²) >= 11 is 0. The number of hydrogen-bond acceptors (Lipinski definition) is 0. The number of fused-ring (bicyclic) bond motifs is 1. The van der Waals surface area contributed by atoms with Crippen molar-refractivity contribution in [2.75, 3.05) is 13.3 Å². The van der Waals surface area contributed by atoms with Gasteiger partial charge < -0.3 is 9.41 Å². The normalized spacial score (nSPS) is 12.2. The van der Waals surface area contributed by atoms with E-state index in [4.69, 9.17) is 0 Å². The first kappa shape index (κ1) is 26.7. The van der Waals surface area contributed by atoms with Crippen LogP contribution in [0.5, 0.6) is 0 Å². The van der Waals surface area contributed by atoms with Gasteiger partial charge in [-0.15, -0.1) is 61.6 Å². The van der Waals surface area contributed by atoms with Crippen molar-refractivity contribution in [2.45, 2.75) is 39.5 Å². The topological polar surface area (TPSA) is 0 Å². The van der Waals surface area contributed by atoms with Gasteiger partial charge in [-0.2, -0.15) is 12.1 Å². The van der Waals surface area contributed by atoms with Gasteiger partial charge in [-0.3, -0.25) is 6.08 Å². The molecule has 25 heavy (non-hydrogen) atoms. The van der Waals surface area contributed by atoms with E-state index in [0.717, 1.165) is 6.42 Å². The molecule has 0 nitrogen and oxygen atoms in total. The Morgan fingerprint density at radius 1 is 1.16 bits per heavy atom. The first-order valence-electron chi connectivity index (χ1n) is 8.21. The summed E-state index contributed by atoms with van der Waals surface area (Å²) in [5.74, 6) is 0. The second-order valence-corrected chi connectivity index (χ2v) is 8.39. The maximum Gasteiger partial charge on any atom is 4.00 e. The van der Waals surface area contributed by atoms with Crippen LogP contribution in [-0.2, 0) is 26.2 Å². The molecule has 0 aliphatic heterocycles. The second-order valence-electron chi connectivity index (χ2n) is 6.09. The van der Waals surface area contributed by atoms with Crippen LogP contribution in [0.15, 0.2) is 53.6 Å². The van der Waals surface area contributed by atoms with Gasteiger partial charge in [0.1, 0.15) is 0 Å². The molecular weight excluding hydrogens is 412 g/mol. The summed E-state index contributed by atoms with van der Waals surface area (Å²) < 4.78 is 0. The minimum Gasteiger partial charge on any atom is -1.00 e. The van der Waals surface area contributed by atoms with Gasteiger partial charge in [0.25, 0.3) is 0 Å².